The number of amidine groups is 1. The number of rotatable bonds is 4. The Morgan fingerprint density at radius 3 is 2.67 bits per heavy atom. The van der Waals surface area contributed by atoms with Crippen molar-refractivity contribution in [1.82, 2.24) is 10.2 Å². The van der Waals surface area contributed by atoms with Gasteiger partial charge in [-0.25, -0.2) is 0 Å². The van der Waals surface area contributed by atoms with E-state index < -0.39 is 11.4 Å². The van der Waals surface area contributed by atoms with Gasteiger partial charge in [-0.2, -0.15) is 0 Å². The molecule has 7 heteroatoms. The van der Waals surface area contributed by atoms with Crippen LogP contribution in [0.4, 0.5) is 0 Å². The maximum atomic E-state index is 12.0. The third-order valence-corrected chi connectivity index (χ3v) is 5.08. The molecule has 1 aromatic rings. The Labute approximate surface area is 114 Å². The van der Waals surface area contributed by atoms with E-state index in [0.717, 1.165) is 4.88 Å². The third kappa shape index (κ3) is 3.96. The van der Waals surface area contributed by atoms with Gasteiger partial charge in [0, 0.05) is 27.2 Å². The van der Waals surface area contributed by atoms with Crippen LogP contribution < -0.4 is 10.2 Å². The molecule has 0 aliphatic carbocycles. The molecule has 2 atom stereocenters. The first kappa shape index (κ1) is 15.5. The fourth-order valence-corrected chi connectivity index (χ4v) is 2.95. The minimum Gasteiger partial charge on any atom is -0.598 e. The van der Waals surface area contributed by atoms with Crippen molar-refractivity contribution in [1.29, 1.82) is 5.41 Å². The Balaban J connectivity index is 2.70. The summed E-state index contributed by atoms with van der Waals surface area (Å²) in [6.07, 6.45) is 0. The van der Waals surface area contributed by atoms with Gasteiger partial charge in [0.05, 0.1) is 6.04 Å². The Morgan fingerprint density at radius 1 is 1.56 bits per heavy atom. The molecule has 0 aliphatic rings. The van der Waals surface area contributed by atoms with Crippen LogP contribution in [0.15, 0.2) is 11.4 Å². The summed E-state index contributed by atoms with van der Waals surface area (Å²) in [5.41, 5.74) is 2.43. The highest BCUT2D eigenvalue weighted by Gasteiger charge is 2.28. The van der Waals surface area contributed by atoms with E-state index in [1.54, 1.807) is 11.4 Å². The van der Waals surface area contributed by atoms with E-state index in [1.165, 1.54) is 11.3 Å². The molecule has 0 bridgehead atoms. The summed E-state index contributed by atoms with van der Waals surface area (Å²) in [5, 5.41) is 17.9. The fraction of sp³-hybridized carbons (Fsp3) is 0.545. The Bertz CT molecular complexity index is 415. The Kier molecular flexibility index (Phi) is 5.18. The first-order valence-electron chi connectivity index (χ1n) is 5.51. The lowest BCUT2D eigenvalue weighted by Gasteiger charge is -2.26. The number of nitrogens with one attached hydrogen (secondary N) is 3. The van der Waals surface area contributed by atoms with Crippen LogP contribution in [-0.2, 0) is 11.4 Å². The zero-order valence-corrected chi connectivity index (χ0v) is 12.5. The van der Waals surface area contributed by atoms with Crippen molar-refractivity contribution >= 4 is 28.5 Å². The highest BCUT2D eigenvalue weighted by molar-refractivity contribution is 7.90. The summed E-state index contributed by atoms with van der Waals surface area (Å²) in [4.78, 5) is 0.975. The number of hydrogen-bond acceptors (Lipinski definition) is 5. The lowest BCUT2D eigenvalue weighted by atomic mass is 10.2. The van der Waals surface area contributed by atoms with Gasteiger partial charge in [0.1, 0.15) is 10.6 Å². The molecule has 0 spiro atoms. The largest absolute Gasteiger partial charge is 0.598 e. The monoisotopic (exact) mass is 289 g/mol. The van der Waals surface area contributed by atoms with Crippen molar-refractivity contribution in [3.8, 4) is 0 Å². The predicted molar refractivity (Wildman–Crippen MR) is 75.5 cm³/mol. The zero-order valence-electron chi connectivity index (χ0n) is 10.9. The van der Waals surface area contributed by atoms with Gasteiger partial charge in [-0.15, -0.1) is 16.1 Å². The van der Waals surface area contributed by atoms with Crippen LogP contribution in [0.1, 0.15) is 44.2 Å². The van der Waals surface area contributed by atoms with Crippen molar-refractivity contribution < 1.29 is 9.76 Å². The van der Waals surface area contributed by atoms with E-state index >= 15 is 0 Å². The molecule has 102 valence electrons. The molecule has 18 heavy (non-hydrogen) atoms. The van der Waals surface area contributed by atoms with Gasteiger partial charge in [-0.1, -0.05) is 0 Å². The van der Waals surface area contributed by atoms with Gasteiger partial charge in [-0.3, -0.25) is 16.1 Å². The molecule has 0 amide bonds. The third-order valence-electron chi connectivity index (χ3n) is 2.29. The maximum absolute atomic E-state index is 12.0. The van der Waals surface area contributed by atoms with E-state index in [2.05, 4.69) is 4.72 Å². The van der Waals surface area contributed by atoms with Gasteiger partial charge in [-0.05, 0) is 33.8 Å². The van der Waals surface area contributed by atoms with Crippen LogP contribution in [0.3, 0.4) is 0 Å². The molecular formula is C11H19N3O2S2. The smallest absolute Gasteiger partial charge is 0.150 e. The quantitative estimate of drug-likeness (QED) is 0.296. The molecule has 5 nitrogen and oxygen atoms in total. The van der Waals surface area contributed by atoms with Crippen molar-refractivity contribution in [3.05, 3.63) is 21.9 Å². The van der Waals surface area contributed by atoms with Gasteiger partial charge in [0.25, 0.3) is 0 Å². The summed E-state index contributed by atoms with van der Waals surface area (Å²) in [6, 6.07) is 1.74. The van der Waals surface area contributed by atoms with Gasteiger partial charge in [0.2, 0.25) is 0 Å². The lowest BCUT2D eigenvalue weighted by Crippen LogP contribution is -2.40. The molecule has 1 aromatic heterocycles. The van der Waals surface area contributed by atoms with Gasteiger partial charge < -0.3 is 4.55 Å². The van der Waals surface area contributed by atoms with Crippen LogP contribution in [0.2, 0.25) is 0 Å². The maximum Gasteiger partial charge on any atom is 0.150 e. The highest BCUT2D eigenvalue weighted by Crippen LogP contribution is 2.24. The van der Waals surface area contributed by atoms with Gasteiger partial charge >= 0.3 is 0 Å². The summed E-state index contributed by atoms with van der Waals surface area (Å²) < 4.78 is 14.7. The Morgan fingerprint density at radius 2 is 2.17 bits per heavy atom. The molecule has 0 saturated heterocycles. The summed E-state index contributed by atoms with van der Waals surface area (Å²) in [5.74, 6) is -0.0401. The predicted octanol–water partition coefficient (Wildman–Crippen LogP) is 2.17. The standard InChI is InChI=1S/C11H19N3O2S2/c1-7(14-18(16)11(2,3)4)9-5-8(6-17-9)10(12)13-15/h5-7,14-15H,1-4H3,(H2,12,13)/t7-,18+/m0/s1. The molecule has 0 saturated carbocycles. The molecule has 1 heterocycles. The van der Waals surface area contributed by atoms with Crippen LogP contribution in [0.5, 0.6) is 0 Å². The summed E-state index contributed by atoms with van der Waals surface area (Å²) >= 11 is 0.332. The zero-order chi connectivity index (χ0) is 13.9. The number of thiophene rings is 1. The molecule has 0 aromatic carbocycles. The lowest BCUT2D eigenvalue weighted by molar-refractivity contribution is 0.234. The van der Waals surface area contributed by atoms with Crippen LogP contribution in [-0.4, -0.2) is 20.3 Å². The first-order chi connectivity index (χ1) is 8.25. The molecule has 4 N–H and O–H groups in total. The van der Waals surface area contributed by atoms with Crippen molar-refractivity contribution in [2.75, 3.05) is 0 Å². The second kappa shape index (κ2) is 6.03. The van der Waals surface area contributed by atoms with Crippen molar-refractivity contribution in [3.63, 3.8) is 0 Å². The van der Waals surface area contributed by atoms with Crippen molar-refractivity contribution in [2.24, 2.45) is 0 Å². The number of hydrogen-bond donors (Lipinski definition) is 4. The SMILES string of the molecule is C[C@H](N[S@+]([O-])C(C)(C)C)c1cc(C(=N)NO)cs1. The molecular weight excluding hydrogens is 270 g/mol. The first-order valence-corrected chi connectivity index (χ1v) is 7.54. The average molecular weight is 289 g/mol. The van der Waals surface area contributed by atoms with E-state index in [4.69, 9.17) is 10.6 Å². The highest BCUT2D eigenvalue weighted by atomic mass is 32.2. The second-order valence-corrected chi connectivity index (χ2v) is 7.89. The minimum atomic E-state index is -1.13. The van der Waals surface area contributed by atoms with Crippen LogP contribution in [0, 0.1) is 5.41 Å². The summed E-state index contributed by atoms with van der Waals surface area (Å²) in [6.45, 7) is 7.66. The van der Waals surface area contributed by atoms with E-state index in [-0.39, 0.29) is 16.6 Å². The normalized spacial score (nSPS) is 15.2. The molecule has 0 radical (unpaired) electrons. The Hall–Kier alpha value is -0.600. The molecule has 0 fully saturated rings. The molecule has 0 unspecified atom stereocenters. The minimum absolute atomic E-state index is 0.0401. The van der Waals surface area contributed by atoms with Crippen LogP contribution >= 0.6 is 11.3 Å². The van der Waals surface area contributed by atoms with E-state index in [1.807, 2.05) is 33.2 Å². The number of hydroxylamine groups is 1. The molecule has 0 aliphatic heterocycles. The second-order valence-electron chi connectivity index (χ2n) is 4.95. The summed E-state index contributed by atoms with van der Waals surface area (Å²) in [7, 11) is 0. The van der Waals surface area contributed by atoms with E-state index in [0.29, 0.717) is 5.56 Å². The fourth-order valence-electron chi connectivity index (χ4n) is 1.17. The average Bonchev–Trinajstić information content (AvgIpc) is 2.75. The van der Waals surface area contributed by atoms with Crippen LogP contribution in [0.25, 0.3) is 0 Å². The van der Waals surface area contributed by atoms with Gasteiger partial charge in [0.15, 0.2) is 0 Å². The van der Waals surface area contributed by atoms with Crippen molar-refractivity contribution in [2.45, 2.75) is 38.5 Å². The molecule has 1 rings (SSSR count). The topological polar surface area (TPSA) is 91.2 Å². The van der Waals surface area contributed by atoms with E-state index in [9.17, 15) is 4.55 Å².